The fourth-order valence-corrected chi connectivity index (χ4v) is 3.53. The van der Waals surface area contributed by atoms with Crippen LogP contribution < -0.4 is 10.6 Å². The van der Waals surface area contributed by atoms with Gasteiger partial charge in [0.2, 0.25) is 0 Å². The number of hydrogen-bond acceptors (Lipinski definition) is 3. The fraction of sp³-hybridized carbons (Fsp3) is 0.667. The first kappa shape index (κ1) is 20.7. The first-order chi connectivity index (χ1) is 12.3. The minimum absolute atomic E-state index is 0.0304. The van der Waals surface area contributed by atoms with Gasteiger partial charge in [-0.25, -0.2) is 0 Å². The van der Waals surface area contributed by atoms with Crippen LogP contribution in [-0.2, 0) is 10.2 Å². The van der Waals surface area contributed by atoms with E-state index in [0.717, 1.165) is 45.4 Å². The summed E-state index contributed by atoms with van der Waals surface area (Å²) in [7, 11) is 1.83. The van der Waals surface area contributed by atoms with E-state index in [9.17, 15) is 0 Å². The molecule has 1 aromatic carbocycles. The van der Waals surface area contributed by atoms with Crippen LogP contribution in [0.3, 0.4) is 0 Å². The van der Waals surface area contributed by atoms with Crippen molar-refractivity contribution in [2.24, 2.45) is 4.99 Å². The van der Waals surface area contributed by atoms with Crippen molar-refractivity contribution in [3.63, 3.8) is 0 Å². The molecule has 1 aliphatic heterocycles. The van der Waals surface area contributed by atoms with Crippen LogP contribution in [0.4, 0.5) is 0 Å². The number of rotatable bonds is 6. The summed E-state index contributed by atoms with van der Waals surface area (Å²) in [4.78, 5) is 6.89. The molecule has 0 radical (unpaired) electrons. The van der Waals surface area contributed by atoms with Gasteiger partial charge in [-0.2, -0.15) is 0 Å². The highest BCUT2D eigenvalue weighted by atomic mass is 16.5. The molecule has 26 heavy (non-hydrogen) atoms. The summed E-state index contributed by atoms with van der Waals surface area (Å²) in [5.41, 5.74) is 2.79. The summed E-state index contributed by atoms with van der Waals surface area (Å²) in [6, 6.07) is 8.60. The van der Waals surface area contributed by atoms with Gasteiger partial charge in [-0.05, 0) is 31.9 Å². The zero-order chi connectivity index (χ0) is 19.2. The highest BCUT2D eigenvalue weighted by Crippen LogP contribution is 2.25. The van der Waals surface area contributed by atoms with E-state index in [2.05, 4.69) is 79.4 Å². The number of hydrogen-bond donors (Lipinski definition) is 2. The molecule has 1 fully saturated rings. The summed E-state index contributed by atoms with van der Waals surface area (Å²) in [5, 5.41) is 7.01. The van der Waals surface area contributed by atoms with Gasteiger partial charge < -0.3 is 15.4 Å². The second kappa shape index (κ2) is 8.87. The van der Waals surface area contributed by atoms with Crippen LogP contribution in [-0.4, -0.2) is 62.8 Å². The van der Waals surface area contributed by atoms with E-state index in [1.165, 1.54) is 11.1 Å². The molecule has 0 atom stereocenters. The normalized spacial score (nSPS) is 17.2. The van der Waals surface area contributed by atoms with Crippen molar-refractivity contribution in [1.29, 1.82) is 0 Å². The van der Waals surface area contributed by atoms with E-state index in [1.54, 1.807) is 0 Å². The second-order valence-corrected chi connectivity index (χ2v) is 8.39. The Hall–Kier alpha value is -1.59. The number of aryl methyl sites for hydroxylation is 1. The monoisotopic (exact) mass is 360 g/mol. The van der Waals surface area contributed by atoms with Gasteiger partial charge >= 0.3 is 0 Å². The molecular formula is C21H36N4O. The minimum Gasteiger partial charge on any atom is -0.379 e. The van der Waals surface area contributed by atoms with Crippen molar-refractivity contribution in [1.82, 2.24) is 15.5 Å². The predicted molar refractivity (Wildman–Crippen MR) is 110 cm³/mol. The van der Waals surface area contributed by atoms with Crippen LogP contribution in [0.25, 0.3) is 0 Å². The van der Waals surface area contributed by atoms with Gasteiger partial charge in [0.05, 0.1) is 13.2 Å². The zero-order valence-corrected chi connectivity index (χ0v) is 17.4. The van der Waals surface area contributed by atoms with Crippen LogP contribution in [0, 0.1) is 6.92 Å². The quantitative estimate of drug-likeness (QED) is 0.605. The zero-order valence-electron chi connectivity index (χ0n) is 17.4. The molecular weight excluding hydrogens is 324 g/mol. The molecule has 5 heteroatoms. The molecule has 0 amide bonds. The highest BCUT2D eigenvalue weighted by molar-refractivity contribution is 5.79. The largest absolute Gasteiger partial charge is 0.379 e. The van der Waals surface area contributed by atoms with E-state index in [0.29, 0.717) is 0 Å². The Morgan fingerprint density at radius 1 is 1.08 bits per heavy atom. The average Bonchev–Trinajstić information content (AvgIpc) is 2.63. The maximum absolute atomic E-state index is 5.47. The van der Waals surface area contributed by atoms with Crippen molar-refractivity contribution in [3.8, 4) is 0 Å². The number of aliphatic imine (C=N–C) groups is 1. The van der Waals surface area contributed by atoms with Gasteiger partial charge in [0, 0.05) is 44.2 Å². The summed E-state index contributed by atoms with van der Waals surface area (Å²) < 4.78 is 5.47. The van der Waals surface area contributed by atoms with Crippen LogP contribution in [0.1, 0.15) is 38.8 Å². The van der Waals surface area contributed by atoms with Gasteiger partial charge in [0.1, 0.15) is 0 Å². The van der Waals surface area contributed by atoms with Crippen LogP contribution >= 0.6 is 0 Å². The van der Waals surface area contributed by atoms with Gasteiger partial charge in [-0.1, -0.05) is 38.1 Å². The summed E-state index contributed by atoms with van der Waals surface area (Å²) >= 11 is 0. The highest BCUT2D eigenvalue weighted by Gasteiger charge is 2.28. The van der Waals surface area contributed by atoms with Crippen LogP contribution in [0.2, 0.25) is 0 Å². The Morgan fingerprint density at radius 3 is 2.31 bits per heavy atom. The van der Waals surface area contributed by atoms with E-state index in [4.69, 9.17) is 4.74 Å². The van der Waals surface area contributed by atoms with E-state index < -0.39 is 0 Å². The third-order valence-corrected chi connectivity index (χ3v) is 5.35. The van der Waals surface area contributed by atoms with Crippen molar-refractivity contribution in [3.05, 3.63) is 35.4 Å². The Bertz CT molecular complexity index is 604. The van der Waals surface area contributed by atoms with E-state index >= 15 is 0 Å². The summed E-state index contributed by atoms with van der Waals surface area (Å²) in [5.74, 6) is 0.855. The molecule has 0 bridgehead atoms. The SMILES string of the molecule is CN=C(NCC(C)(C)c1ccccc1C)NCC(C)(C)N1CCOCC1. The molecule has 0 saturated carbocycles. The first-order valence-corrected chi connectivity index (χ1v) is 9.60. The molecule has 1 heterocycles. The first-order valence-electron chi connectivity index (χ1n) is 9.60. The topological polar surface area (TPSA) is 48.9 Å². The average molecular weight is 361 g/mol. The lowest BCUT2D eigenvalue weighted by Gasteiger charge is -2.41. The van der Waals surface area contributed by atoms with E-state index in [-0.39, 0.29) is 11.0 Å². The van der Waals surface area contributed by atoms with Crippen LogP contribution in [0.5, 0.6) is 0 Å². The van der Waals surface area contributed by atoms with Gasteiger partial charge in [-0.3, -0.25) is 9.89 Å². The molecule has 1 aliphatic rings. The van der Waals surface area contributed by atoms with Crippen molar-refractivity contribution in [2.75, 3.05) is 46.4 Å². The fourth-order valence-electron chi connectivity index (χ4n) is 3.53. The molecule has 1 saturated heterocycles. The number of benzene rings is 1. The number of morpholine rings is 1. The third-order valence-electron chi connectivity index (χ3n) is 5.35. The lowest BCUT2D eigenvalue weighted by Crippen LogP contribution is -2.57. The van der Waals surface area contributed by atoms with Gasteiger partial charge in [0.25, 0.3) is 0 Å². The maximum Gasteiger partial charge on any atom is 0.191 e. The summed E-state index contributed by atoms with van der Waals surface area (Å²) in [6.07, 6.45) is 0. The molecule has 0 aliphatic carbocycles. The molecule has 5 nitrogen and oxygen atoms in total. The van der Waals surface area contributed by atoms with Gasteiger partial charge in [-0.15, -0.1) is 0 Å². The third kappa shape index (κ3) is 5.45. The molecule has 146 valence electrons. The van der Waals surface area contributed by atoms with Gasteiger partial charge in [0.15, 0.2) is 5.96 Å². The van der Waals surface area contributed by atoms with Crippen molar-refractivity contribution in [2.45, 2.75) is 45.6 Å². The molecule has 0 spiro atoms. The maximum atomic E-state index is 5.47. The molecule has 0 aromatic heterocycles. The Labute approximate surface area is 159 Å². The second-order valence-electron chi connectivity index (χ2n) is 8.39. The number of nitrogens with zero attached hydrogens (tertiary/aromatic N) is 2. The Kier molecular flexibility index (Phi) is 7.07. The van der Waals surface area contributed by atoms with E-state index in [1.807, 2.05) is 7.05 Å². The lowest BCUT2D eigenvalue weighted by atomic mass is 9.82. The smallest absolute Gasteiger partial charge is 0.191 e. The lowest BCUT2D eigenvalue weighted by molar-refractivity contribution is -0.00834. The van der Waals surface area contributed by atoms with Crippen molar-refractivity contribution < 1.29 is 4.74 Å². The van der Waals surface area contributed by atoms with Crippen molar-refractivity contribution >= 4 is 5.96 Å². The Morgan fingerprint density at radius 2 is 1.69 bits per heavy atom. The number of nitrogens with one attached hydrogen (secondary N) is 2. The Balaban J connectivity index is 1.90. The standard InChI is InChI=1S/C21H36N4O/c1-17-9-7-8-10-18(17)20(2,3)15-23-19(22-6)24-16-21(4,5)25-11-13-26-14-12-25/h7-10H,11-16H2,1-6H3,(H2,22,23,24). The van der Waals surface area contributed by atoms with Crippen LogP contribution in [0.15, 0.2) is 29.3 Å². The number of ether oxygens (including phenoxy) is 1. The molecule has 0 unspecified atom stereocenters. The molecule has 2 N–H and O–H groups in total. The molecule has 1 aromatic rings. The molecule has 2 rings (SSSR count). The summed E-state index contributed by atoms with van der Waals surface area (Å²) in [6.45, 7) is 16.6. The predicted octanol–water partition coefficient (Wildman–Crippen LogP) is 2.55. The minimum atomic E-state index is 0.0304. The number of guanidine groups is 1.